The third kappa shape index (κ3) is 2.78. The second-order valence-corrected chi connectivity index (χ2v) is 8.56. The quantitative estimate of drug-likeness (QED) is 0.520. The molecule has 1 aromatic carbocycles. The van der Waals surface area contributed by atoms with Crippen LogP contribution in [0.15, 0.2) is 6.07 Å². The molecule has 2 saturated carbocycles. The topological polar surface area (TPSA) is 51.3 Å². The summed E-state index contributed by atoms with van der Waals surface area (Å²) in [5.74, 6) is -7.45. The van der Waals surface area contributed by atoms with E-state index < -0.39 is 59.1 Å². The molecule has 2 atom stereocenters. The summed E-state index contributed by atoms with van der Waals surface area (Å²) in [6.07, 6.45) is 0.789. The van der Waals surface area contributed by atoms with Crippen LogP contribution in [0.3, 0.4) is 0 Å². The van der Waals surface area contributed by atoms with Gasteiger partial charge < -0.3 is 4.57 Å². The molecule has 2 aromatic rings. The summed E-state index contributed by atoms with van der Waals surface area (Å²) in [5.41, 5.74) is -4.54. The molecule has 10 heteroatoms. The number of carbonyl (C=O) groups is 1. The zero-order valence-corrected chi connectivity index (χ0v) is 16.3. The van der Waals surface area contributed by atoms with Gasteiger partial charge in [0.15, 0.2) is 11.5 Å². The molecule has 0 radical (unpaired) electrons. The summed E-state index contributed by atoms with van der Waals surface area (Å²) in [4.78, 5) is 19.5. The van der Waals surface area contributed by atoms with E-state index in [0.717, 1.165) is 19.4 Å². The van der Waals surface area contributed by atoms with Crippen LogP contribution < -0.4 is 5.32 Å². The highest BCUT2D eigenvalue weighted by Gasteiger charge is 2.66. The first-order valence-electron chi connectivity index (χ1n) is 9.56. The van der Waals surface area contributed by atoms with Gasteiger partial charge in [-0.25, -0.2) is 31.8 Å². The van der Waals surface area contributed by atoms with Gasteiger partial charge in [0.25, 0.3) is 5.92 Å². The first kappa shape index (κ1) is 20.6. The Hall–Kier alpha value is -2.70. The van der Waals surface area contributed by atoms with Crippen LogP contribution in [-0.2, 0) is 10.3 Å². The Labute approximate surface area is 169 Å². The third-order valence-electron chi connectivity index (χ3n) is 6.56. The van der Waals surface area contributed by atoms with Crippen LogP contribution >= 0.6 is 0 Å². The summed E-state index contributed by atoms with van der Waals surface area (Å²) in [7, 11) is 0. The number of nitrogens with zero attached hydrogens (tertiary/aromatic N) is 3. The van der Waals surface area contributed by atoms with Crippen molar-refractivity contribution < 1.29 is 26.7 Å². The monoisotopic (exact) mass is 426 g/mol. The molecule has 1 amide bonds. The van der Waals surface area contributed by atoms with Crippen molar-refractivity contribution in [3.63, 3.8) is 0 Å². The number of hydrogen-bond acceptors (Lipinski definition) is 2. The highest BCUT2D eigenvalue weighted by molar-refractivity contribution is 5.93. The molecule has 4 rings (SSSR count). The maximum absolute atomic E-state index is 14.9. The Morgan fingerprint density at radius 2 is 2.00 bits per heavy atom. The maximum Gasteiger partial charge on any atom is 0.281 e. The van der Waals surface area contributed by atoms with Crippen LogP contribution in [0.25, 0.3) is 15.9 Å². The van der Waals surface area contributed by atoms with E-state index in [9.17, 15) is 26.7 Å². The van der Waals surface area contributed by atoms with E-state index in [-0.39, 0.29) is 17.0 Å². The standard InChI is InChI=1S/C20H19F5N4O/c1-18(5-4-6-18)29-16-14(22)12(26-3)8-11(21)15(16)28-17(29)27-13(30)7-10-9-20(24,25)19(10,2)23/h8,10H,4-7,9H2,1-2H3,(H,27,28,30). The fraction of sp³-hybridized carbons (Fsp3) is 0.550. The highest BCUT2D eigenvalue weighted by Crippen LogP contribution is 2.55. The number of carbonyl (C=O) groups excluding carboxylic acids is 1. The van der Waals surface area contributed by atoms with Crippen molar-refractivity contribution in [2.24, 2.45) is 5.92 Å². The van der Waals surface area contributed by atoms with Crippen LogP contribution in [0, 0.1) is 24.1 Å². The third-order valence-corrected chi connectivity index (χ3v) is 6.56. The number of hydrogen-bond donors (Lipinski definition) is 1. The van der Waals surface area contributed by atoms with Gasteiger partial charge in [0, 0.05) is 24.3 Å². The molecule has 0 aliphatic heterocycles. The van der Waals surface area contributed by atoms with E-state index in [1.54, 1.807) is 6.92 Å². The van der Waals surface area contributed by atoms with Crippen molar-refractivity contribution in [3.05, 3.63) is 29.1 Å². The summed E-state index contributed by atoms with van der Waals surface area (Å²) < 4.78 is 71.7. The second kappa shape index (κ2) is 6.40. The van der Waals surface area contributed by atoms with Crippen LogP contribution in [0.5, 0.6) is 0 Å². The Morgan fingerprint density at radius 1 is 1.33 bits per heavy atom. The molecular formula is C20H19F5N4O. The molecule has 0 bridgehead atoms. The predicted octanol–water partition coefficient (Wildman–Crippen LogP) is 5.48. The average molecular weight is 426 g/mol. The van der Waals surface area contributed by atoms with Gasteiger partial charge in [-0.3, -0.25) is 10.1 Å². The number of anilines is 1. The number of halogens is 5. The highest BCUT2D eigenvalue weighted by atomic mass is 19.3. The Morgan fingerprint density at radius 3 is 2.50 bits per heavy atom. The van der Waals surface area contributed by atoms with Crippen LogP contribution in [-0.4, -0.2) is 27.0 Å². The van der Waals surface area contributed by atoms with Gasteiger partial charge in [-0.05, 0) is 39.2 Å². The minimum Gasteiger partial charge on any atom is -0.303 e. The Bertz CT molecular complexity index is 1100. The van der Waals surface area contributed by atoms with Crippen LogP contribution in [0.4, 0.5) is 33.6 Å². The SMILES string of the molecule is [C-]#[N+]c1cc(F)c2nc(NC(=O)CC3CC(F)(F)C3(C)F)n(C3(C)CCC3)c2c1F. The van der Waals surface area contributed by atoms with Gasteiger partial charge in [-0.15, -0.1) is 0 Å². The number of imidazole rings is 1. The lowest BCUT2D eigenvalue weighted by molar-refractivity contribution is -0.242. The number of alkyl halides is 3. The number of fused-ring (bicyclic) bond motifs is 1. The summed E-state index contributed by atoms with van der Waals surface area (Å²) in [5, 5.41) is 2.42. The molecule has 1 aromatic heterocycles. The zero-order chi connectivity index (χ0) is 22.1. The molecule has 1 heterocycles. The number of nitrogens with one attached hydrogen (secondary N) is 1. The first-order valence-corrected chi connectivity index (χ1v) is 9.56. The van der Waals surface area contributed by atoms with Gasteiger partial charge in [-0.1, -0.05) is 0 Å². The second-order valence-electron chi connectivity index (χ2n) is 8.56. The smallest absolute Gasteiger partial charge is 0.281 e. The Balaban J connectivity index is 1.72. The number of amides is 1. The van der Waals surface area contributed by atoms with Crippen molar-refractivity contribution in [3.8, 4) is 0 Å². The van der Waals surface area contributed by atoms with E-state index >= 15 is 0 Å². The van der Waals surface area contributed by atoms with E-state index in [4.69, 9.17) is 6.57 Å². The molecule has 0 spiro atoms. The zero-order valence-electron chi connectivity index (χ0n) is 16.3. The fourth-order valence-electron chi connectivity index (χ4n) is 4.30. The van der Waals surface area contributed by atoms with Crippen molar-refractivity contribution in [2.45, 2.75) is 63.1 Å². The molecule has 0 saturated heterocycles. The van der Waals surface area contributed by atoms with E-state index in [0.29, 0.717) is 12.8 Å². The molecule has 1 N–H and O–H groups in total. The molecule has 2 aliphatic rings. The molecule has 2 aliphatic carbocycles. The Kier molecular flexibility index (Phi) is 4.39. The summed E-state index contributed by atoms with van der Waals surface area (Å²) in [6.45, 7) is 9.61. The number of aromatic nitrogens is 2. The molecule has 2 unspecified atom stereocenters. The normalized spacial score (nSPS) is 26.5. The molecule has 2 fully saturated rings. The van der Waals surface area contributed by atoms with Crippen molar-refractivity contribution >= 4 is 28.6 Å². The minimum absolute atomic E-state index is 0.149. The van der Waals surface area contributed by atoms with E-state index in [1.807, 2.05) is 0 Å². The lowest BCUT2D eigenvalue weighted by atomic mass is 9.67. The van der Waals surface area contributed by atoms with Gasteiger partial charge in [-0.2, -0.15) is 0 Å². The van der Waals surface area contributed by atoms with Gasteiger partial charge in [0.2, 0.25) is 17.5 Å². The molecule has 5 nitrogen and oxygen atoms in total. The average Bonchev–Trinajstić information content (AvgIpc) is 3.02. The number of benzene rings is 1. The maximum atomic E-state index is 14.9. The van der Waals surface area contributed by atoms with Gasteiger partial charge in [0.1, 0.15) is 11.3 Å². The van der Waals surface area contributed by atoms with Gasteiger partial charge in [0.05, 0.1) is 12.1 Å². The molecule has 160 valence electrons. The van der Waals surface area contributed by atoms with Crippen LogP contribution in [0.1, 0.15) is 46.0 Å². The van der Waals surface area contributed by atoms with Crippen molar-refractivity contribution in [2.75, 3.05) is 5.32 Å². The summed E-state index contributed by atoms with van der Waals surface area (Å²) in [6, 6.07) is 0.738. The fourth-order valence-corrected chi connectivity index (χ4v) is 4.30. The first-order chi connectivity index (χ1) is 13.9. The van der Waals surface area contributed by atoms with Gasteiger partial charge >= 0.3 is 0 Å². The summed E-state index contributed by atoms with van der Waals surface area (Å²) >= 11 is 0. The minimum atomic E-state index is -3.49. The van der Waals surface area contributed by atoms with E-state index in [1.165, 1.54) is 4.57 Å². The van der Waals surface area contributed by atoms with Crippen molar-refractivity contribution in [1.29, 1.82) is 0 Å². The van der Waals surface area contributed by atoms with E-state index in [2.05, 4.69) is 15.1 Å². The molecule has 30 heavy (non-hydrogen) atoms. The number of rotatable bonds is 4. The predicted molar refractivity (Wildman–Crippen MR) is 99.2 cm³/mol. The molecular weight excluding hydrogens is 407 g/mol. The lowest BCUT2D eigenvalue weighted by Crippen LogP contribution is -2.60. The van der Waals surface area contributed by atoms with Crippen molar-refractivity contribution in [1.82, 2.24) is 9.55 Å². The lowest BCUT2D eigenvalue weighted by Gasteiger charge is -2.47. The largest absolute Gasteiger partial charge is 0.303 e. The van der Waals surface area contributed by atoms with Crippen LogP contribution in [0.2, 0.25) is 0 Å².